The second-order valence-corrected chi connectivity index (χ2v) is 7.62. The summed E-state index contributed by atoms with van der Waals surface area (Å²) in [6.07, 6.45) is 9.30. The van der Waals surface area contributed by atoms with Gasteiger partial charge in [0, 0.05) is 23.3 Å². The van der Waals surface area contributed by atoms with Crippen LogP contribution in [0.3, 0.4) is 0 Å². The molecule has 0 amide bonds. The van der Waals surface area contributed by atoms with E-state index in [2.05, 4.69) is 11.9 Å². The molecule has 3 rings (SSSR count). The van der Waals surface area contributed by atoms with Crippen molar-refractivity contribution < 1.29 is 0 Å². The van der Waals surface area contributed by atoms with Gasteiger partial charge in [0.05, 0.1) is 0 Å². The van der Waals surface area contributed by atoms with Gasteiger partial charge in [-0.15, -0.1) is 23.2 Å². The molecule has 2 saturated heterocycles. The van der Waals surface area contributed by atoms with Crippen molar-refractivity contribution in [1.29, 1.82) is 0 Å². The number of halogens is 2. The molecule has 1 aliphatic carbocycles. The summed E-state index contributed by atoms with van der Waals surface area (Å²) < 4.78 is 0. The fraction of sp³-hybridized carbons (Fsp3) is 1.00. The Labute approximate surface area is 121 Å². The van der Waals surface area contributed by atoms with Crippen LogP contribution in [0.15, 0.2) is 0 Å². The standard InChI is InChI=1S/C15H25Cl2N/c1-18-12-6-7-15(18)14(9-16)13(8-12)10-2-4-11(17)5-3-10/h10-15H,2-9H2,1H3/t10?,11?,12?,13-,14+,15?/m1/s1. The van der Waals surface area contributed by atoms with E-state index >= 15 is 0 Å². The molecule has 0 aromatic carbocycles. The van der Waals surface area contributed by atoms with E-state index in [1.165, 1.54) is 44.9 Å². The summed E-state index contributed by atoms with van der Waals surface area (Å²) in [4.78, 5) is 2.62. The summed E-state index contributed by atoms with van der Waals surface area (Å²) in [5.41, 5.74) is 0. The SMILES string of the molecule is CN1C2CCC1[C@@H](CCl)[C@@H](C1CCC(Cl)CC1)C2. The zero-order valence-electron chi connectivity index (χ0n) is 11.3. The molecule has 0 radical (unpaired) electrons. The normalized spacial score (nSPS) is 49.5. The number of alkyl halides is 2. The lowest BCUT2D eigenvalue weighted by molar-refractivity contribution is 0.0375. The molecule has 4 atom stereocenters. The molecule has 1 saturated carbocycles. The van der Waals surface area contributed by atoms with Crippen molar-refractivity contribution in [3.05, 3.63) is 0 Å². The quantitative estimate of drug-likeness (QED) is 0.691. The second kappa shape index (κ2) is 5.50. The number of hydrogen-bond acceptors (Lipinski definition) is 1. The van der Waals surface area contributed by atoms with Gasteiger partial charge < -0.3 is 4.90 Å². The fourth-order valence-electron chi connectivity index (χ4n) is 4.88. The van der Waals surface area contributed by atoms with Gasteiger partial charge in [-0.1, -0.05) is 0 Å². The Balaban J connectivity index is 1.71. The van der Waals surface area contributed by atoms with Crippen LogP contribution in [0.4, 0.5) is 0 Å². The molecule has 104 valence electrons. The Bertz CT molecular complexity index is 288. The van der Waals surface area contributed by atoms with Gasteiger partial charge in [-0.05, 0) is 69.7 Å². The molecule has 18 heavy (non-hydrogen) atoms. The van der Waals surface area contributed by atoms with Crippen LogP contribution in [0, 0.1) is 17.8 Å². The smallest absolute Gasteiger partial charge is 0.0336 e. The van der Waals surface area contributed by atoms with E-state index in [0.29, 0.717) is 5.38 Å². The lowest BCUT2D eigenvalue weighted by Gasteiger charge is -2.46. The molecule has 2 unspecified atom stereocenters. The molecule has 0 aromatic rings. The van der Waals surface area contributed by atoms with Gasteiger partial charge in [-0.3, -0.25) is 0 Å². The molecule has 1 nitrogen and oxygen atoms in total. The van der Waals surface area contributed by atoms with Gasteiger partial charge >= 0.3 is 0 Å². The van der Waals surface area contributed by atoms with Crippen LogP contribution in [0.1, 0.15) is 44.9 Å². The maximum absolute atomic E-state index is 6.33. The van der Waals surface area contributed by atoms with E-state index in [1.54, 1.807) is 0 Å². The van der Waals surface area contributed by atoms with Gasteiger partial charge in [0.1, 0.15) is 0 Å². The molecular weight excluding hydrogens is 265 g/mol. The first kappa shape index (κ1) is 13.5. The zero-order valence-corrected chi connectivity index (χ0v) is 12.8. The van der Waals surface area contributed by atoms with Gasteiger partial charge in [-0.2, -0.15) is 0 Å². The second-order valence-electron chi connectivity index (χ2n) is 6.69. The fourth-order valence-corrected chi connectivity index (χ4v) is 5.57. The number of rotatable bonds is 2. The lowest BCUT2D eigenvalue weighted by atomic mass is 9.69. The predicted molar refractivity (Wildman–Crippen MR) is 78.5 cm³/mol. The van der Waals surface area contributed by atoms with Crippen LogP contribution in [-0.4, -0.2) is 35.3 Å². The topological polar surface area (TPSA) is 3.24 Å². The maximum Gasteiger partial charge on any atom is 0.0336 e. The third-order valence-corrected chi connectivity index (χ3v) is 6.76. The van der Waals surface area contributed by atoms with Crippen LogP contribution < -0.4 is 0 Å². The number of nitrogens with zero attached hydrogens (tertiary/aromatic N) is 1. The molecule has 0 spiro atoms. The molecule has 0 N–H and O–H groups in total. The Morgan fingerprint density at radius 2 is 1.78 bits per heavy atom. The van der Waals surface area contributed by atoms with E-state index in [-0.39, 0.29) is 0 Å². The van der Waals surface area contributed by atoms with E-state index in [1.807, 2.05) is 0 Å². The zero-order chi connectivity index (χ0) is 12.7. The molecule has 3 heteroatoms. The van der Waals surface area contributed by atoms with Crippen LogP contribution in [0.5, 0.6) is 0 Å². The van der Waals surface area contributed by atoms with Crippen LogP contribution in [0.25, 0.3) is 0 Å². The minimum Gasteiger partial charge on any atom is -0.300 e. The van der Waals surface area contributed by atoms with Crippen molar-refractivity contribution in [3.63, 3.8) is 0 Å². The van der Waals surface area contributed by atoms with Gasteiger partial charge in [0.15, 0.2) is 0 Å². The largest absolute Gasteiger partial charge is 0.300 e. The Morgan fingerprint density at radius 3 is 2.44 bits per heavy atom. The first-order chi connectivity index (χ1) is 8.70. The monoisotopic (exact) mass is 289 g/mol. The Morgan fingerprint density at radius 1 is 1.06 bits per heavy atom. The van der Waals surface area contributed by atoms with Gasteiger partial charge in [0.2, 0.25) is 0 Å². The lowest BCUT2D eigenvalue weighted by Crippen LogP contribution is -2.49. The van der Waals surface area contributed by atoms with Crippen molar-refractivity contribution in [2.24, 2.45) is 17.8 Å². The average molecular weight is 290 g/mol. The summed E-state index contributed by atoms with van der Waals surface area (Å²) in [5, 5.41) is 0.443. The predicted octanol–water partition coefficient (Wildman–Crippen LogP) is 4.12. The van der Waals surface area contributed by atoms with Crippen LogP contribution in [0.2, 0.25) is 0 Å². The van der Waals surface area contributed by atoms with Crippen LogP contribution >= 0.6 is 23.2 Å². The number of piperidine rings is 1. The third-order valence-electron chi connectivity index (χ3n) is 5.97. The molecule has 0 aromatic heterocycles. The average Bonchev–Trinajstić information content (AvgIpc) is 2.63. The Hall–Kier alpha value is 0.540. The molecule has 2 heterocycles. The molecule has 3 fully saturated rings. The first-order valence-corrected chi connectivity index (χ1v) is 8.59. The highest BCUT2D eigenvalue weighted by molar-refractivity contribution is 6.20. The third kappa shape index (κ3) is 2.31. The molecule has 3 aliphatic rings. The van der Waals surface area contributed by atoms with Gasteiger partial charge in [-0.25, -0.2) is 0 Å². The van der Waals surface area contributed by atoms with E-state index < -0.39 is 0 Å². The highest BCUT2D eigenvalue weighted by atomic mass is 35.5. The van der Waals surface area contributed by atoms with Crippen molar-refractivity contribution in [2.75, 3.05) is 12.9 Å². The molecule has 2 aliphatic heterocycles. The molecular formula is C15H25Cl2N. The van der Waals surface area contributed by atoms with E-state index in [4.69, 9.17) is 23.2 Å². The highest BCUT2D eigenvalue weighted by Crippen LogP contribution is 2.48. The minimum absolute atomic E-state index is 0.443. The summed E-state index contributed by atoms with van der Waals surface area (Å²) in [6, 6.07) is 1.60. The number of hydrogen-bond donors (Lipinski definition) is 0. The summed E-state index contributed by atoms with van der Waals surface area (Å²) >= 11 is 12.6. The minimum atomic E-state index is 0.443. The maximum atomic E-state index is 6.33. The molecule has 2 bridgehead atoms. The van der Waals surface area contributed by atoms with Crippen molar-refractivity contribution in [1.82, 2.24) is 4.90 Å². The van der Waals surface area contributed by atoms with Crippen molar-refractivity contribution in [2.45, 2.75) is 62.4 Å². The van der Waals surface area contributed by atoms with E-state index in [9.17, 15) is 0 Å². The summed E-state index contributed by atoms with van der Waals surface area (Å²) in [6.45, 7) is 0. The number of fused-ring (bicyclic) bond motifs is 2. The highest BCUT2D eigenvalue weighted by Gasteiger charge is 2.47. The van der Waals surface area contributed by atoms with Crippen LogP contribution in [-0.2, 0) is 0 Å². The summed E-state index contributed by atoms with van der Waals surface area (Å²) in [5.74, 6) is 3.36. The van der Waals surface area contributed by atoms with Gasteiger partial charge in [0.25, 0.3) is 0 Å². The van der Waals surface area contributed by atoms with Crippen molar-refractivity contribution in [3.8, 4) is 0 Å². The Kier molecular flexibility index (Phi) is 4.13. The first-order valence-electron chi connectivity index (χ1n) is 7.62. The van der Waals surface area contributed by atoms with Crippen molar-refractivity contribution >= 4 is 23.2 Å². The van der Waals surface area contributed by atoms with E-state index in [0.717, 1.165) is 35.7 Å². The summed E-state index contributed by atoms with van der Waals surface area (Å²) in [7, 11) is 2.31.